The average Bonchev–Trinajstić information content (AvgIpc) is 2.53. The van der Waals surface area contributed by atoms with Gasteiger partial charge in [0.25, 0.3) is 5.91 Å². The molecule has 1 amide bonds. The van der Waals surface area contributed by atoms with E-state index in [4.69, 9.17) is 27.9 Å². The van der Waals surface area contributed by atoms with E-state index in [0.29, 0.717) is 23.2 Å². The smallest absolute Gasteiger partial charge is 0.251 e. The van der Waals surface area contributed by atoms with Crippen LogP contribution in [0.1, 0.15) is 5.56 Å². The number of carbonyl (C=O) groups is 1. The molecule has 2 aromatic rings. The number of hydrogen-bond acceptors (Lipinski definition) is 2. The van der Waals surface area contributed by atoms with Crippen LogP contribution in [0, 0.1) is 0 Å². The van der Waals surface area contributed by atoms with Gasteiger partial charge in [0.1, 0.15) is 12.4 Å². The average molecular weight is 334 g/mol. The molecule has 0 aliphatic carbocycles. The third-order valence-corrected chi connectivity index (χ3v) is 3.92. The Bertz CT molecular complexity index is 743. The van der Waals surface area contributed by atoms with E-state index in [-0.39, 0.29) is 5.91 Å². The highest BCUT2D eigenvalue weighted by atomic mass is 35.5. The summed E-state index contributed by atoms with van der Waals surface area (Å²) >= 11 is 12.0. The van der Waals surface area contributed by atoms with Crippen LogP contribution in [0.3, 0.4) is 0 Å². The summed E-state index contributed by atoms with van der Waals surface area (Å²) in [6.45, 7) is 1.01. The van der Waals surface area contributed by atoms with E-state index in [1.165, 1.54) is 6.08 Å². The highest BCUT2D eigenvalue weighted by Crippen LogP contribution is 2.31. The lowest BCUT2D eigenvalue weighted by atomic mass is 10.2. The molecule has 0 bridgehead atoms. The molecule has 1 aliphatic rings. The molecule has 0 fully saturated rings. The maximum absolute atomic E-state index is 12.4. The van der Waals surface area contributed by atoms with Gasteiger partial charge in [-0.25, -0.2) is 0 Å². The van der Waals surface area contributed by atoms with E-state index in [1.54, 1.807) is 29.2 Å². The Hall–Kier alpha value is -1.97. The van der Waals surface area contributed by atoms with Crippen LogP contribution in [0.15, 0.2) is 48.5 Å². The van der Waals surface area contributed by atoms with Crippen LogP contribution in [0.25, 0.3) is 6.08 Å². The molecule has 3 rings (SSSR count). The van der Waals surface area contributed by atoms with Crippen LogP contribution >= 0.6 is 23.2 Å². The topological polar surface area (TPSA) is 29.5 Å². The summed E-state index contributed by atoms with van der Waals surface area (Å²) in [6, 6.07) is 12.7. The second-order valence-corrected chi connectivity index (χ2v) is 5.65. The van der Waals surface area contributed by atoms with E-state index in [2.05, 4.69) is 0 Å². The van der Waals surface area contributed by atoms with Gasteiger partial charge in [-0.3, -0.25) is 4.79 Å². The normalized spacial score (nSPS) is 13.8. The Balaban J connectivity index is 1.82. The number of benzene rings is 2. The third kappa shape index (κ3) is 3.11. The molecule has 3 nitrogen and oxygen atoms in total. The van der Waals surface area contributed by atoms with Gasteiger partial charge >= 0.3 is 0 Å². The lowest BCUT2D eigenvalue weighted by Crippen LogP contribution is -2.36. The first-order valence-electron chi connectivity index (χ1n) is 6.81. The number of amides is 1. The molecule has 0 radical (unpaired) electrons. The fourth-order valence-corrected chi connectivity index (χ4v) is 2.76. The van der Waals surface area contributed by atoms with E-state index >= 15 is 0 Å². The molecular weight excluding hydrogens is 321 g/mol. The van der Waals surface area contributed by atoms with Gasteiger partial charge < -0.3 is 9.64 Å². The molecule has 0 saturated carbocycles. The molecule has 0 unspecified atom stereocenters. The van der Waals surface area contributed by atoms with Crippen molar-refractivity contribution in [3.63, 3.8) is 0 Å². The summed E-state index contributed by atoms with van der Waals surface area (Å²) < 4.78 is 5.55. The zero-order valence-electron chi connectivity index (χ0n) is 11.6. The molecule has 5 heteroatoms. The molecule has 1 heterocycles. The van der Waals surface area contributed by atoms with Crippen molar-refractivity contribution in [2.24, 2.45) is 0 Å². The van der Waals surface area contributed by atoms with Gasteiger partial charge in [0.05, 0.1) is 12.2 Å². The van der Waals surface area contributed by atoms with Crippen molar-refractivity contribution in [1.29, 1.82) is 0 Å². The maximum Gasteiger partial charge on any atom is 0.251 e. The van der Waals surface area contributed by atoms with Crippen LogP contribution in [0.4, 0.5) is 5.69 Å². The van der Waals surface area contributed by atoms with Gasteiger partial charge in [-0.1, -0.05) is 41.4 Å². The number of para-hydroxylation sites is 2. The van der Waals surface area contributed by atoms with Crippen LogP contribution in [0.5, 0.6) is 5.75 Å². The highest BCUT2D eigenvalue weighted by Gasteiger charge is 2.21. The van der Waals surface area contributed by atoms with Gasteiger partial charge in [0, 0.05) is 16.1 Å². The lowest BCUT2D eigenvalue weighted by Gasteiger charge is -2.28. The van der Waals surface area contributed by atoms with Crippen LogP contribution in [-0.2, 0) is 4.79 Å². The predicted octanol–water partition coefficient (Wildman–Crippen LogP) is 4.43. The summed E-state index contributed by atoms with van der Waals surface area (Å²) in [5.41, 5.74) is 1.53. The molecule has 0 saturated heterocycles. The van der Waals surface area contributed by atoms with Crippen molar-refractivity contribution in [1.82, 2.24) is 0 Å². The van der Waals surface area contributed by atoms with Crippen molar-refractivity contribution in [3.05, 3.63) is 64.1 Å². The van der Waals surface area contributed by atoms with Crippen molar-refractivity contribution in [2.45, 2.75) is 0 Å². The number of rotatable bonds is 2. The second kappa shape index (κ2) is 6.42. The fraction of sp³-hybridized carbons (Fsp3) is 0.118. The first kappa shape index (κ1) is 14.9. The molecule has 2 aromatic carbocycles. The number of halogens is 2. The number of hydrogen-bond donors (Lipinski definition) is 0. The lowest BCUT2D eigenvalue weighted by molar-refractivity contribution is -0.114. The maximum atomic E-state index is 12.4. The number of nitrogens with zero attached hydrogens (tertiary/aromatic N) is 1. The van der Waals surface area contributed by atoms with Gasteiger partial charge in [-0.05, 0) is 35.9 Å². The molecular formula is C17H13Cl2NO2. The Kier molecular flexibility index (Phi) is 4.36. The zero-order valence-corrected chi connectivity index (χ0v) is 13.1. The van der Waals surface area contributed by atoms with Gasteiger partial charge in [0.2, 0.25) is 0 Å². The Morgan fingerprint density at radius 1 is 1.18 bits per heavy atom. The quantitative estimate of drug-likeness (QED) is 0.760. The first-order chi connectivity index (χ1) is 10.6. The minimum Gasteiger partial charge on any atom is -0.490 e. The van der Waals surface area contributed by atoms with Crippen molar-refractivity contribution in [3.8, 4) is 5.75 Å². The van der Waals surface area contributed by atoms with Crippen LogP contribution < -0.4 is 9.64 Å². The standard InChI is InChI=1S/C17H13Cl2NO2/c18-13-7-5-12(14(19)11-13)6-8-17(21)20-9-10-22-16-4-2-1-3-15(16)20/h1-8,11H,9-10H2/b8-6+. The monoisotopic (exact) mass is 333 g/mol. The highest BCUT2D eigenvalue weighted by molar-refractivity contribution is 6.35. The Morgan fingerprint density at radius 3 is 2.82 bits per heavy atom. The van der Waals surface area contributed by atoms with Crippen LogP contribution in [0.2, 0.25) is 10.0 Å². The van der Waals surface area contributed by atoms with Gasteiger partial charge in [-0.15, -0.1) is 0 Å². The van der Waals surface area contributed by atoms with E-state index in [9.17, 15) is 4.79 Å². The molecule has 0 spiro atoms. The predicted molar refractivity (Wildman–Crippen MR) is 89.8 cm³/mol. The molecule has 0 aromatic heterocycles. The summed E-state index contributed by atoms with van der Waals surface area (Å²) in [5, 5.41) is 1.08. The Morgan fingerprint density at radius 2 is 2.00 bits per heavy atom. The summed E-state index contributed by atoms with van der Waals surface area (Å²) in [4.78, 5) is 14.1. The largest absolute Gasteiger partial charge is 0.490 e. The van der Waals surface area contributed by atoms with Crippen LogP contribution in [-0.4, -0.2) is 19.1 Å². The first-order valence-corrected chi connectivity index (χ1v) is 7.57. The minimum absolute atomic E-state index is 0.109. The molecule has 0 N–H and O–H groups in total. The number of fused-ring (bicyclic) bond motifs is 1. The summed E-state index contributed by atoms with van der Waals surface area (Å²) in [6.07, 6.45) is 3.20. The fourth-order valence-electron chi connectivity index (χ4n) is 2.29. The summed E-state index contributed by atoms with van der Waals surface area (Å²) in [5.74, 6) is 0.613. The Labute approximate surface area is 138 Å². The van der Waals surface area contributed by atoms with E-state index < -0.39 is 0 Å². The van der Waals surface area contributed by atoms with Crippen molar-refractivity contribution >= 4 is 40.9 Å². The molecule has 1 aliphatic heterocycles. The molecule has 0 atom stereocenters. The van der Waals surface area contributed by atoms with E-state index in [1.807, 2.05) is 24.3 Å². The number of carbonyl (C=O) groups excluding carboxylic acids is 1. The van der Waals surface area contributed by atoms with Crippen molar-refractivity contribution in [2.75, 3.05) is 18.1 Å². The molecule has 22 heavy (non-hydrogen) atoms. The second-order valence-electron chi connectivity index (χ2n) is 4.81. The van der Waals surface area contributed by atoms with Gasteiger partial charge in [0.15, 0.2) is 0 Å². The SMILES string of the molecule is O=C(/C=C/c1ccc(Cl)cc1Cl)N1CCOc2ccccc21. The third-order valence-electron chi connectivity index (χ3n) is 3.36. The molecule has 112 valence electrons. The van der Waals surface area contributed by atoms with Crippen molar-refractivity contribution < 1.29 is 9.53 Å². The number of anilines is 1. The minimum atomic E-state index is -0.109. The van der Waals surface area contributed by atoms with E-state index in [0.717, 1.165) is 17.0 Å². The zero-order chi connectivity index (χ0) is 15.5. The summed E-state index contributed by atoms with van der Waals surface area (Å²) in [7, 11) is 0. The van der Waals surface area contributed by atoms with Gasteiger partial charge in [-0.2, -0.15) is 0 Å². The number of ether oxygens (including phenoxy) is 1.